The number of hydrogen-bond donors (Lipinski definition) is 1. The molecule has 0 aromatic heterocycles. The molecule has 5 nitrogen and oxygen atoms in total. The van der Waals surface area contributed by atoms with Gasteiger partial charge in [-0.2, -0.15) is 0 Å². The Morgan fingerprint density at radius 1 is 1.50 bits per heavy atom. The first-order valence-electron chi connectivity index (χ1n) is 4.09. The molecule has 1 atom stereocenters. The number of methoxy groups -OCH3 is 1. The predicted octanol–water partition coefficient (Wildman–Crippen LogP) is 0.267. The highest BCUT2D eigenvalue weighted by Gasteiger charge is 2.40. The molecule has 0 aliphatic carbocycles. The molecule has 1 N–H and O–H groups in total. The number of rotatable bonds is 5. The summed E-state index contributed by atoms with van der Waals surface area (Å²) in [7, 11) is 1.20. The highest BCUT2D eigenvalue weighted by molar-refractivity contribution is 6.20. The van der Waals surface area contributed by atoms with Crippen molar-refractivity contribution >= 4 is 23.5 Å². The number of amides is 1. The van der Waals surface area contributed by atoms with Crippen LogP contribution >= 0.6 is 11.6 Å². The molecule has 82 valence electrons. The molecular formula is C8H14ClNO4. The number of nitrogens with one attached hydrogen (secondary N) is 1. The molecular weight excluding hydrogens is 210 g/mol. The fraction of sp³-hybridized carbons (Fsp3) is 0.750. The SMILES string of the molecule is CCO[C@](CCl)(NC(C)=O)C(=O)OC. The number of hydrogen-bond acceptors (Lipinski definition) is 4. The number of carbonyl (C=O) groups excluding carboxylic acids is 2. The average Bonchev–Trinajstić information content (AvgIpc) is 2.15. The molecule has 0 fully saturated rings. The highest BCUT2D eigenvalue weighted by Crippen LogP contribution is 2.12. The topological polar surface area (TPSA) is 64.6 Å². The molecule has 0 unspecified atom stereocenters. The predicted molar refractivity (Wildman–Crippen MR) is 50.9 cm³/mol. The Labute approximate surface area is 87.7 Å². The summed E-state index contributed by atoms with van der Waals surface area (Å²) in [5, 5.41) is 2.33. The van der Waals surface area contributed by atoms with Gasteiger partial charge in [0.1, 0.15) is 0 Å². The smallest absolute Gasteiger partial charge is 0.360 e. The van der Waals surface area contributed by atoms with Crippen molar-refractivity contribution in [2.24, 2.45) is 0 Å². The second-order valence-electron chi connectivity index (χ2n) is 2.57. The van der Waals surface area contributed by atoms with Crippen molar-refractivity contribution < 1.29 is 19.1 Å². The minimum Gasteiger partial charge on any atom is -0.465 e. The van der Waals surface area contributed by atoms with Crippen molar-refractivity contribution in [2.45, 2.75) is 19.6 Å². The first-order chi connectivity index (χ1) is 6.52. The third-order valence-electron chi connectivity index (χ3n) is 1.47. The van der Waals surface area contributed by atoms with Crippen LogP contribution in [0.3, 0.4) is 0 Å². The number of carbonyl (C=O) groups is 2. The van der Waals surface area contributed by atoms with E-state index in [1.165, 1.54) is 14.0 Å². The lowest BCUT2D eigenvalue weighted by Gasteiger charge is -2.28. The van der Waals surface area contributed by atoms with Crippen molar-refractivity contribution in [2.75, 3.05) is 19.6 Å². The lowest BCUT2D eigenvalue weighted by molar-refractivity contribution is -0.173. The molecule has 0 saturated carbocycles. The van der Waals surface area contributed by atoms with Crippen molar-refractivity contribution in [1.82, 2.24) is 5.32 Å². The van der Waals surface area contributed by atoms with Crippen molar-refractivity contribution in [1.29, 1.82) is 0 Å². The van der Waals surface area contributed by atoms with E-state index in [-0.39, 0.29) is 12.5 Å². The van der Waals surface area contributed by atoms with Gasteiger partial charge >= 0.3 is 5.97 Å². The molecule has 0 aliphatic rings. The van der Waals surface area contributed by atoms with Gasteiger partial charge in [-0.1, -0.05) is 0 Å². The summed E-state index contributed by atoms with van der Waals surface area (Å²) in [6.45, 7) is 3.19. The third-order valence-corrected chi connectivity index (χ3v) is 1.85. The van der Waals surface area contributed by atoms with Crippen LogP contribution in [0.1, 0.15) is 13.8 Å². The van der Waals surface area contributed by atoms with Gasteiger partial charge in [-0.15, -0.1) is 11.6 Å². The third kappa shape index (κ3) is 3.16. The monoisotopic (exact) mass is 223 g/mol. The first kappa shape index (κ1) is 13.2. The molecule has 0 aromatic carbocycles. The van der Waals surface area contributed by atoms with E-state index in [0.717, 1.165) is 0 Å². The van der Waals surface area contributed by atoms with Crippen LogP contribution in [0, 0.1) is 0 Å². The highest BCUT2D eigenvalue weighted by atomic mass is 35.5. The summed E-state index contributed by atoms with van der Waals surface area (Å²) in [6, 6.07) is 0. The minimum atomic E-state index is -1.57. The number of alkyl halides is 1. The Morgan fingerprint density at radius 2 is 2.07 bits per heavy atom. The first-order valence-corrected chi connectivity index (χ1v) is 4.63. The normalized spacial score (nSPS) is 14.3. The van der Waals surface area contributed by atoms with E-state index in [2.05, 4.69) is 10.1 Å². The molecule has 0 bridgehead atoms. The van der Waals surface area contributed by atoms with Gasteiger partial charge in [-0.25, -0.2) is 4.79 Å². The van der Waals surface area contributed by atoms with Gasteiger partial charge in [0.25, 0.3) is 5.72 Å². The molecule has 6 heteroatoms. The van der Waals surface area contributed by atoms with E-state index >= 15 is 0 Å². The van der Waals surface area contributed by atoms with Crippen LogP contribution in [0.5, 0.6) is 0 Å². The van der Waals surface area contributed by atoms with Gasteiger partial charge in [-0.3, -0.25) is 4.79 Å². The maximum absolute atomic E-state index is 11.3. The summed E-state index contributed by atoms with van der Waals surface area (Å²) in [6.07, 6.45) is 0. The van der Waals surface area contributed by atoms with Crippen LogP contribution in [-0.4, -0.2) is 37.2 Å². The number of halogens is 1. The fourth-order valence-electron chi connectivity index (χ4n) is 0.968. The van der Waals surface area contributed by atoms with Gasteiger partial charge in [0.15, 0.2) is 0 Å². The summed E-state index contributed by atoms with van der Waals surface area (Å²) in [5.74, 6) is -1.33. The zero-order valence-electron chi connectivity index (χ0n) is 8.43. The van der Waals surface area contributed by atoms with Gasteiger partial charge in [0, 0.05) is 13.5 Å². The molecule has 0 aliphatic heterocycles. The average molecular weight is 224 g/mol. The van der Waals surface area contributed by atoms with E-state index in [4.69, 9.17) is 16.3 Å². The second-order valence-corrected chi connectivity index (χ2v) is 2.83. The largest absolute Gasteiger partial charge is 0.465 e. The Balaban J connectivity index is 4.76. The standard InChI is InChI=1S/C8H14ClNO4/c1-4-14-8(5-9,7(12)13-3)10-6(2)11/h4-5H2,1-3H3,(H,10,11)/t8-/m0/s1. The zero-order valence-corrected chi connectivity index (χ0v) is 9.18. The molecule has 0 rings (SSSR count). The van der Waals surface area contributed by atoms with E-state index in [1.54, 1.807) is 6.92 Å². The van der Waals surface area contributed by atoms with Crippen LogP contribution in [0.2, 0.25) is 0 Å². The van der Waals surface area contributed by atoms with Gasteiger partial charge in [-0.05, 0) is 6.92 Å². The van der Waals surface area contributed by atoms with Crippen molar-refractivity contribution in [3.05, 3.63) is 0 Å². The van der Waals surface area contributed by atoms with E-state index < -0.39 is 17.6 Å². The Kier molecular flexibility index (Phi) is 5.49. The van der Waals surface area contributed by atoms with Crippen LogP contribution < -0.4 is 5.32 Å². The minimum absolute atomic E-state index is 0.201. The van der Waals surface area contributed by atoms with Gasteiger partial charge < -0.3 is 14.8 Å². The van der Waals surface area contributed by atoms with Crippen LogP contribution in [-0.2, 0) is 19.1 Å². The number of ether oxygens (including phenoxy) is 2. The molecule has 0 saturated heterocycles. The fourth-order valence-corrected chi connectivity index (χ4v) is 1.22. The van der Waals surface area contributed by atoms with E-state index in [0.29, 0.717) is 0 Å². The van der Waals surface area contributed by atoms with Crippen molar-refractivity contribution in [3.63, 3.8) is 0 Å². The molecule has 0 radical (unpaired) electrons. The van der Waals surface area contributed by atoms with Gasteiger partial charge in [0.05, 0.1) is 13.0 Å². The molecule has 1 amide bonds. The zero-order chi connectivity index (χ0) is 11.2. The van der Waals surface area contributed by atoms with Crippen LogP contribution in [0.25, 0.3) is 0 Å². The van der Waals surface area contributed by atoms with Crippen LogP contribution in [0.15, 0.2) is 0 Å². The second kappa shape index (κ2) is 5.82. The van der Waals surface area contributed by atoms with Crippen molar-refractivity contribution in [3.8, 4) is 0 Å². The Bertz CT molecular complexity index is 221. The Hall–Kier alpha value is -0.810. The van der Waals surface area contributed by atoms with Crippen LogP contribution in [0.4, 0.5) is 0 Å². The maximum atomic E-state index is 11.3. The molecule has 0 heterocycles. The summed E-state index contributed by atoms with van der Waals surface area (Å²) >= 11 is 5.58. The quantitative estimate of drug-likeness (QED) is 0.413. The molecule has 0 aromatic rings. The van der Waals surface area contributed by atoms with Gasteiger partial charge in [0.2, 0.25) is 5.91 Å². The molecule has 14 heavy (non-hydrogen) atoms. The summed E-state index contributed by atoms with van der Waals surface area (Å²) < 4.78 is 9.60. The van der Waals surface area contributed by atoms with E-state index in [1.807, 2.05) is 0 Å². The Morgan fingerprint density at radius 3 is 2.36 bits per heavy atom. The maximum Gasteiger partial charge on any atom is 0.360 e. The summed E-state index contributed by atoms with van der Waals surface area (Å²) in [4.78, 5) is 22.2. The lowest BCUT2D eigenvalue weighted by atomic mass is 10.2. The molecule has 0 spiro atoms. The van der Waals surface area contributed by atoms with E-state index in [9.17, 15) is 9.59 Å². The lowest BCUT2D eigenvalue weighted by Crippen LogP contribution is -2.58. The number of esters is 1. The summed E-state index contributed by atoms with van der Waals surface area (Å²) in [5.41, 5.74) is -1.57.